The highest BCUT2D eigenvalue weighted by molar-refractivity contribution is 7.89. The highest BCUT2D eigenvalue weighted by Gasteiger charge is 2.38. The Balaban J connectivity index is 2.38. The normalized spacial score (nSPS) is 19.0. The lowest BCUT2D eigenvalue weighted by Gasteiger charge is -2.21. The second-order valence-electron chi connectivity index (χ2n) is 4.71. The summed E-state index contributed by atoms with van der Waals surface area (Å²) in [6, 6.07) is 5.52. The molecule has 0 saturated carbocycles. The summed E-state index contributed by atoms with van der Waals surface area (Å²) in [5, 5.41) is 0. The Labute approximate surface area is 124 Å². The summed E-state index contributed by atoms with van der Waals surface area (Å²) in [6.07, 6.45) is 1.08. The molecule has 0 radical (unpaired) electrons. The van der Waals surface area contributed by atoms with Crippen molar-refractivity contribution in [2.75, 3.05) is 13.1 Å². The van der Waals surface area contributed by atoms with Crippen LogP contribution in [0.4, 0.5) is 0 Å². The van der Waals surface area contributed by atoms with Crippen LogP contribution in [0.1, 0.15) is 18.4 Å². The van der Waals surface area contributed by atoms with Crippen molar-refractivity contribution < 1.29 is 13.2 Å². The number of nitrogens with zero attached hydrogens (tertiary/aromatic N) is 1. The summed E-state index contributed by atoms with van der Waals surface area (Å²) in [6.45, 7) is 0.501. The summed E-state index contributed by atoms with van der Waals surface area (Å²) < 4.78 is 26.4. The molecule has 6 nitrogen and oxygen atoms in total. The molecule has 0 aromatic heterocycles. The second-order valence-corrected chi connectivity index (χ2v) is 6.60. The van der Waals surface area contributed by atoms with E-state index >= 15 is 0 Å². The van der Waals surface area contributed by atoms with E-state index in [0.29, 0.717) is 24.9 Å². The summed E-state index contributed by atoms with van der Waals surface area (Å²) in [7, 11) is -3.75. The average molecular weight is 307 g/mol. The first-order valence-electron chi connectivity index (χ1n) is 6.57. The van der Waals surface area contributed by atoms with E-state index in [4.69, 9.17) is 11.5 Å². The molecule has 1 aliphatic heterocycles. The summed E-state index contributed by atoms with van der Waals surface area (Å²) in [4.78, 5) is 11.5. The van der Waals surface area contributed by atoms with Crippen LogP contribution in [0.25, 0.3) is 0 Å². The third-order valence-corrected chi connectivity index (χ3v) is 5.21. The van der Waals surface area contributed by atoms with Gasteiger partial charge in [-0.05, 0) is 31.0 Å². The van der Waals surface area contributed by atoms with Gasteiger partial charge in [0.15, 0.2) is 0 Å². The van der Waals surface area contributed by atoms with Crippen LogP contribution in [-0.2, 0) is 14.8 Å². The Kier molecular flexibility index (Phi) is 4.63. The van der Waals surface area contributed by atoms with Crippen LogP contribution >= 0.6 is 0 Å². The molecule has 1 fully saturated rings. The zero-order valence-electron chi connectivity index (χ0n) is 11.5. The number of nitrogens with two attached hydrogens (primary N) is 2. The zero-order valence-corrected chi connectivity index (χ0v) is 12.3. The van der Waals surface area contributed by atoms with Gasteiger partial charge in [0.2, 0.25) is 15.9 Å². The quantitative estimate of drug-likeness (QED) is 0.743. The number of carbonyl (C=O) groups excluding carboxylic acids is 1. The van der Waals surface area contributed by atoms with Gasteiger partial charge in [0, 0.05) is 12.1 Å². The van der Waals surface area contributed by atoms with Crippen molar-refractivity contribution >= 4 is 15.9 Å². The highest BCUT2D eigenvalue weighted by atomic mass is 32.2. The predicted molar refractivity (Wildman–Crippen MR) is 78.5 cm³/mol. The van der Waals surface area contributed by atoms with Crippen molar-refractivity contribution in [1.29, 1.82) is 0 Å². The molecule has 1 saturated heterocycles. The minimum Gasteiger partial charge on any atom is -0.368 e. The molecule has 1 amide bonds. The van der Waals surface area contributed by atoms with Gasteiger partial charge in [-0.1, -0.05) is 17.9 Å². The molecule has 2 rings (SSSR count). The van der Waals surface area contributed by atoms with E-state index in [-0.39, 0.29) is 11.4 Å². The summed E-state index contributed by atoms with van der Waals surface area (Å²) in [5.41, 5.74) is 11.1. The fourth-order valence-corrected chi connectivity index (χ4v) is 4.05. The van der Waals surface area contributed by atoms with Gasteiger partial charge in [-0.3, -0.25) is 4.79 Å². The van der Waals surface area contributed by atoms with Gasteiger partial charge < -0.3 is 11.5 Å². The zero-order chi connectivity index (χ0) is 15.5. The summed E-state index contributed by atoms with van der Waals surface area (Å²) in [5.74, 6) is 4.85. The topological polar surface area (TPSA) is 106 Å². The lowest BCUT2D eigenvalue weighted by atomic mass is 10.2. The first-order valence-corrected chi connectivity index (χ1v) is 8.01. The molecule has 112 valence electrons. The van der Waals surface area contributed by atoms with E-state index in [9.17, 15) is 13.2 Å². The van der Waals surface area contributed by atoms with E-state index in [0.717, 1.165) is 0 Å². The molecule has 1 aromatic rings. The fourth-order valence-electron chi connectivity index (χ4n) is 2.33. The molecular weight excluding hydrogens is 290 g/mol. The van der Waals surface area contributed by atoms with Crippen LogP contribution in [0.5, 0.6) is 0 Å². The highest BCUT2D eigenvalue weighted by Crippen LogP contribution is 2.26. The molecule has 21 heavy (non-hydrogen) atoms. The fraction of sp³-hybridized carbons (Fsp3) is 0.357. The number of primary amides is 1. The number of sulfonamides is 1. The van der Waals surface area contributed by atoms with Gasteiger partial charge in [0.25, 0.3) is 0 Å². The number of rotatable bonds is 3. The smallest absolute Gasteiger partial charge is 0.243 e. The standard InChI is InChI=1S/C14H17N3O3S/c15-8-2-5-11-4-1-6-12(10-11)21(19,20)17-9-3-7-13(17)14(16)18/h1,4,6,10,13H,3,7-9,15H2,(H2,16,18). The Bertz CT molecular complexity index is 704. The van der Waals surface area contributed by atoms with Crippen LogP contribution in [0, 0.1) is 11.8 Å². The molecule has 0 aliphatic carbocycles. The molecule has 1 heterocycles. The molecule has 0 spiro atoms. The molecule has 1 atom stereocenters. The van der Waals surface area contributed by atoms with Crippen LogP contribution in [0.15, 0.2) is 29.2 Å². The first kappa shape index (κ1) is 15.5. The van der Waals surface area contributed by atoms with Crippen LogP contribution in [-0.4, -0.2) is 37.8 Å². The van der Waals surface area contributed by atoms with E-state index < -0.39 is 22.0 Å². The van der Waals surface area contributed by atoms with Crippen molar-refractivity contribution in [3.05, 3.63) is 29.8 Å². The molecular formula is C14H17N3O3S. The van der Waals surface area contributed by atoms with Crippen molar-refractivity contribution in [3.8, 4) is 11.8 Å². The van der Waals surface area contributed by atoms with Gasteiger partial charge >= 0.3 is 0 Å². The molecule has 0 bridgehead atoms. The molecule has 1 aliphatic rings. The van der Waals surface area contributed by atoms with Crippen molar-refractivity contribution in [3.63, 3.8) is 0 Å². The third kappa shape index (κ3) is 3.24. The van der Waals surface area contributed by atoms with Gasteiger partial charge in [-0.2, -0.15) is 4.31 Å². The predicted octanol–water partition coefficient (Wildman–Crippen LogP) is -0.365. The third-order valence-electron chi connectivity index (χ3n) is 3.31. The van der Waals surface area contributed by atoms with Gasteiger partial charge in [-0.15, -0.1) is 0 Å². The number of hydrogen-bond donors (Lipinski definition) is 2. The number of benzene rings is 1. The van der Waals surface area contributed by atoms with Crippen molar-refractivity contribution in [1.82, 2.24) is 4.31 Å². The van der Waals surface area contributed by atoms with Gasteiger partial charge in [-0.25, -0.2) is 8.42 Å². The van der Waals surface area contributed by atoms with Crippen molar-refractivity contribution in [2.45, 2.75) is 23.8 Å². The minimum atomic E-state index is -3.75. The van der Waals surface area contributed by atoms with Gasteiger partial charge in [0.05, 0.1) is 11.4 Å². The van der Waals surface area contributed by atoms with Gasteiger partial charge in [0.1, 0.15) is 6.04 Å². The van der Waals surface area contributed by atoms with E-state index in [1.54, 1.807) is 12.1 Å². The SMILES string of the molecule is NCC#Cc1cccc(S(=O)(=O)N2CCCC2C(N)=O)c1. The monoisotopic (exact) mass is 307 g/mol. The van der Waals surface area contributed by atoms with Crippen molar-refractivity contribution in [2.24, 2.45) is 11.5 Å². The Morgan fingerprint density at radius 3 is 2.86 bits per heavy atom. The van der Waals surface area contributed by atoms with Crippen LogP contribution in [0.2, 0.25) is 0 Å². The first-order chi connectivity index (χ1) is 9.96. The Hall–Kier alpha value is -1.88. The maximum absolute atomic E-state index is 12.6. The summed E-state index contributed by atoms with van der Waals surface area (Å²) >= 11 is 0. The average Bonchev–Trinajstić information content (AvgIpc) is 2.96. The van der Waals surface area contributed by atoms with E-state index in [1.807, 2.05) is 0 Å². The maximum atomic E-state index is 12.6. The molecule has 1 aromatic carbocycles. The van der Waals surface area contributed by atoms with E-state index in [1.165, 1.54) is 16.4 Å². The minimum absolute atomic E-state index is 0.111. The second kappa shape index (κ2) is 6.26. The van der Waals surface area contributed by atoms with Crippen LogP contribution < -0.4 is 11.5 Å². The molecule has 7 heteroatoms. The molecule has 4 N–H and O–H groups in total. The maximum Gasteiger partial charge on any atom is 0.243 e. The Morgan fingerprint density at radius 1 is 1.43 bits per heavy atom. The lowest BCUT2D eigenvalue weighted by molar-refractivity contribution is -0.121. The largest absolute Gasteiger partial charge is 0.368 e. The number of hydrogen-bond acceptors (Lipinski definition) is 4. The number of carbonyl (C=O) groups is 1. The van der Waals surface area contributed by atoms with E-state index in [2.05, 4.69) is 11.8 Å². The Morgan fingerprint density at radius 2 is 2.19 bits per heavy atom. The number of amides is 1. The molecule has 1 unspecified atom stereocenters. The lowest BCUT2D eigenvalue weighted by Crippen LogP contribution is -2.43. The van der Waals surface area contributed by atoms with Crippen LogP contribution in [0.3, 0.4) is 0 Å².